The highest BCUT2D eigenvalue weighted by Crippen LogP contribution is 2.27. The number of carbonyl (C=O) groups excluding carboxylic acids is 1. The third kappa shape index (κ3) is 4.39. The van der Waals surface area contributed by atoms with Gasteiger partial charge in [0.1, 0.15) is 0 Å². The van der Waals surface area contributed by atoms with E-state index < -0.39 is 0 Å². The summed E-state index contributed by atoms with van der Waals surface area (Å²) >= 11 is 1.75. The van der Waals surface area contributed by atoms with Crippen molar-refractivity contribution in [3.05, 3.63) is 52.7 Å². The van der Waals surface area contributed by atoms with Crippen LogP contribution in [0.4, 0.5) is 10.5 Å². The molecule has 140 valence electrons. The number of nitrogens with zero attached hydrogens (tertiary/aromatic N) is 2. The molecule has 0 spiro atoms. The Kier molecular flexibility index (Phi) is 5.87. The van der Waals surface area contributed by atoms with Crippen LogP contribution in [0.1, 0.15) is 31.6 Å². The monoisotopic (exact) mass is 371 g/mol. The molecule has 1 saturated heterocycles. The largest absolute Gasteiger partial charge is 0.371 e. The number of amides is 2. The minimum absolute atomic E-state index is 0.0321. The van der Waals surface area contributed by atoms with E-state index in [1.54, 1.807) is 11.3 Å². The normalized spacial score (nSPS) is 15.7. The van der Waals surface area contributed by atoms with Crippen molar-refractivity contribution in [1.29, 1.82) is 0 Å². The predicted octanol–water partition coefficient (Wildman–Crippen LogP) is 4.34. The van der Waals surface area contributed by atoms with Crippen molar-refractivity contribution in [1.82, 2.24) is 10.2 Å². The Morgan fingerprint density at radius 2 is 1.88 bits per heavy atom. The first-order chi connectivity index (χ1) is 12.5. The van der Waals surface area contributed by atoms with Crippen LogP contribution in [0.5, 0.6) is 0 Å². The van der Waals surface area contributed by atoms with Crippen molar-refractivity contribution in [3.63, 3.8) is 0 Å². The van der Waals surface area contributed by atoms with Gasteiger partial charge in [0.25, 0.3) is 0 Å². The second-order valence-corrected chi connectivity index (χ2v) is 8.63. The van der Waals surface area contributed by atoms with Gasteiger partial charge < -0.3 is 15.1 Å². The van der Waals surface area contributed by atoms with Gasteiger partial charge in [-0.15, -0.1) is 11.3 Å². The van der Waals surface area contributed by atoms with Gasteiger partial charge in [0.15, 0.2) is 0 Å². The van der Waals surface area contributed by atoms with Gasteiger partial charge >= 0.3 is 6.03 Å². The number of benzene rings is 1. The van der Waals surface area contributed by atoms with Gasteiger partial charge in [0.05, 0.1) is 0 Å². The lowest BCUT2D eigenvalue weighted by molar-refractivity contribution is 0.179. The van der Waals surface area contributed by atoms with E-state index in [0.717, 1.165) is 25.9 Å². The standard InChI is InChI=1S/C21H29N3OS/c1-21(2,19-10-7-15-26-19)16-22-20(25)24-13-11-18(12-14-24)23(3)17-8-5-4-6-9-17/h4-10,15,18H,11-14,16H2,1-3H3,(H,22,25). The van der Waals surface area contributed by atoms with E-state index in [4.69, 9.17) is 0 Å². The lowest BCUT2D eigenvalue weighted by Crippen LogP contribution is -2.50. The summed E-state index contributed by atoms with van der Waals surface area (Å²) in [4.78, 5) is 18.2. The van der Waals surface area contributed by atoms with E-state index in [1.165, 1.54) is 10.6 Å². The molecule has 1 aliphatic rings. The van der Waals surface area contributed by atoms with Crippen LogP contribution in [-0.2, 0) is 5.41 Å². The van der Waals surface area contributed by atoms with Gasteiger partial charge in [-0.1, -0.05) is 38.1 Å². The number of likely N-dealkylation sites (tertiary alicyclic amines) is 1. The van der Waals surface area contributed by atoms with Crippen molar-refractivity contribution >= 4 is 23.1 Å². The third-order valence-corrected chi connectivity index (χ3v) is 6.57. The molecule has 0 unspecified atom stereocenters. The molecule has 0 atom stereocenters. The molecule has 1 N–H and O–H groups in total. The van der Waals surface area contributed by atoms with E-state index in [2.05, 4.69) is 72.9 Å². The Balaban J connectivity index is 1.48. The Labute approximate surface area is 160 Å². The van der Waals surface area contributed by atoms with Gasteiger partial charge in [0.2, 0.25) is 0 Å². The summed E-state index contributed by atoms with van der Waals surface area (Å²) in [6.45, 7) is 6.65. The highest BCUT2D eigenvalue weighted by molar-refractivity contribution is 7.10. The average molecular weight is 372 g/mol. The van der Waals surface area contributed by atoms with Crippen LogP contribution < -0.4 is 10.2 Å². The molecule has 0 radical (unpaired) electrons. The average Bonchev–Trinajstić information content (AvgIpc) is 3.22. The Morgan fingerprint density at radius 3 is 2.50 bits per heavy atom. The Morgan fingerprint density at radius 1 is 1.19 bits per heavy atom. The van der Waals surface area contributed by atoms with Crippen molar-refractivity contribution < 1.29 is 4.79 Å². The summed E-state index contributed by atoms with van der Waals surface area (Å²) in [5, 5.41) is 5.23. The summed E-state index contributed by atoms with van der Waals surface area (Å²) in [7, 11) is 2.15. The number of hydrogen-bond acceptors (Lipinski definition) is 3. The summed E-state index contributed by atoms with van der Waals surface area (Å²) in [5.41, 5.74) is 1.21. The first-order valence-corrected chi connectivity index (χ1v) is 10.2. The van der Waals surface area contributed by atoms with Crippen LogP contribution in [-0.4, -0.2) is 43.7 Å². The zero-order valence-corrected chi connectivity index (χ0v) is 16.8. The molecule has 3 rings (SSSR count). The molecule has 2 amide bonds. The predicted molar refractivity (Wildman–Crippen MR) is 110 cm³/mol. The zero-order valence-electron chi connectivity index (χ0n) is 15.9. The molecule has 0 bridgehead atoms. The molecular weight excluding hydrogens is 342 g/mol. The van der Waals surface area contributed by atoms with E-state index in [9.17, 15) is 4.79 Å². The van der Waals surface area contributed by atoms with E-state index in [-0.39, 0.29) is 11.4 Å². The molecule has 2 aromatic rings. The minimum Gasteiger partial charge on any atom is -0.371 e. The van der Waals surface area contributed by atoms with Gasteiger partial charge in [-0.05, 0) is 36.4 Å². The lowest BCUT2D eigenvalue weighted by Gasteiger charge is -2.38. The van der Waals surface area contributed by atoms with Crippen molar-refractivity contribution in [2.45, 2.75) is 38.1 Å². The number of hydrogen-bond donors (Lipinski definition) is 1. The molecule has 1 aromatic carbocycles. The highest BCUT2D eigenvalue weighted by atomic mass is 32.1. The summed E-state index contributed by atoms with van der Waals surface area (Å²) < 4.78 is 0. The number of carbonyl (C=O) groups is 1. The van der Waals surface area contributed by atoms with Gasteiger partial charge in [0, 0.05) is 48.7 Å². The Bertz CT molecular complexity index is 691. The zero-order chi connectivity index (χ0) is 18.6. The highest BCUT2D eigenvalue weighted by Gasteiger charge is 2.27. The van der Waals surface area contributed by atoms with E-state index in [1.807, 2.05) is 11.0 Å². The van der Waals surface area contributed by atoms with Crippen molar-refractivity contribution in [2.75, 3.05) is 31.6 Å². The number of urea groups is 1. The second kappa shape index (κ2) is 8.12. The van der Waals surface area contributed by atoms with Crippen LogP contribution in [0.2, 0.25) is 0 Å². The second-order valence-electron chi connectivity index (χ2n) is 7.68. The number of thiophene rings is 1. The molecule has 2 heterocycles. The first kappa shape index (κ1) is 18.8. The topological polar surface area (TPSA) is 35.6 Å². The van der Waals surface area contributed by atoms with Crippen molar-refractivity contribution in [2.24, 2.45) is 0 Å². The molecule has 1 aromatic heterocycles. The first-order valence-electron chi connectivity index (χ1n) is 9.32. The molecule has 0 saturated carbocycles. The fourth-order valence-corrected chi connectivity index (χ4v) is 4.34. The molecule has 0 aliphatic carbocycles. The van der Waals surface area contributed by atoms with Crippen LogP contribution in [0.3, 0.4) is 0 Å². The summed E-state index contributed by atoms with van der Waals surface area (Å²) in [6.07, 6.45) is 2.01. The van der Waals surface area contributed by atoms with E-state index >= 15 is 0 Å². The number of rotatable bonds is 5. The fourth-order valence-electron chi connectivity index (χ4n) is 3.49. The maximum absolute atomic E-state index is 12.6. The van der Waals surface area contributed by atoms with Gasteiger partial charge in [-0.25, -0.2) is 4.79 Å². The van der Waals surface area contributed by atoms with Crippen LogP contribution in [0, 0.1) is 0 Å². The number of nitrogens with one attached hydrogen (secondary N) is 1. The lowest BCUT2D eigenvalue weighted by atomic mass is 9.91. The van der Waals surface area contributed by atoms with Crippen LogP contribution in [0.15, 0.2) is 47.8 Å². The molecule has 1 aliphatic heterocycles. The number of piperidine rings is 1. The quantitative estimate of drug-likeness (QED) is 0.849. The number of anilines is 1. The van der Waals surface area contributed by atoms with Crippen molar-refractivity contribution in [3.8, 4) is 0 Å². The number of para-hydroxylation sites is 1. The maximum Gasteiger partial charge on any atom is 0.317 e. The fraction of sp³-hybridized carbons (Fsp3) is 0.476. The SMILES string of the molecule is CN(c1ccccc1)C1CCN(C(=O)NCC(C)(C)c2cccs2)CC1. The third-order valence-electron chi connectivity index (χ3n) is 5.33. The maximum atomic E-state index is 12.6. The summed E-state index contributed by atoms with van der Waals surface area (Å²) in [5.74, 6) is 0. The van der Waals surface area contributed by atoms with Crippen LogP contribution >= 0.6 is 11.3 Å². The molecular formula is C21H29N3OS. The molecule has 1 fully saturated rings. The minimum atomic E-state index is -0.0321. The van der Waals surface area contributed by atoms with Gasteiger partial charge in [-0.2, -0.15) is 0 Å². The molecule has 4 nitrogen and oxygen atoms in total. The van der Waals surface area contributed by atoms with Gasteiger partial charge in [-0.3, -0.25) is 0 Å². The molecule has 5 heteroatoms. The smallest absolute Gasteiger partial charge is 0.317 e. The Hall–Kier alpha value is -2.01. The van der Waals surface area contributed by atoms with Crippen LogP contribution in [0.25, 0.3) is 0 Å². The summed E-state index contributed by atoms with van der Waals surface area (Å²) in [6, 6.07) is 15.2. The molecule has 26 heavy (non-hydrogen) atoms. The van der Waals surface area contributed by atoms with E-state index in [0.29, 0.717) is 12.6 Å².